The highest BCUT2D eigenvalue weighted by molar-refractivity contribution is 7.22. The largest absolute Gasteiger partial charge is 0.361 e. The Kier molecular flexibility index (Phi) is 6.31. The van der Waals surface area contributed by atoms with Crippen molar-refractivity contribution in [2.45, 2.75) is 19.8 Å². The summed E-state index contributed by atoms with van der Waals surface area (Å²) in [5, 5.41) is 22.0. The lowest BCUT2D eigenvalue weighted by molar-refractivity contribution is 0.102. The van der Waals surface area contributed by atoms with E-state index in [2.05, 4.69) is 20.9 Å². The van der Waals surface area contributed by atoms with E-state index in [1.54, 1.807) is 35.6 Å². The highest BCUT2D eigenvalue weighted by Crippen LogP contribution is 2.29. The molecule has 6 nitrogen and oxygen atoms in total. The molecule has 0 spiro atoms. The van der Waals surface area contributed by atoms with Gasteiger partial charge in [0.2, 0.25) is 0 Å². The van der Waals surface area contributed by atoms with Gasteiger partial charge in [-0.2, -0.15) is 0 Å². The second kappa shape index (κ2) is 9.11. The number of halogens is 1. The van der Waals surface area contributed by atoms with Gasteiger partial charge in [0.05, 0.1) is 20.9 Å². The van der Waals surface area contributed by atoms with Crippen LogP contribution in [0.25, 0.3) is 10.2 Å². The van der Waals surface area contributed by atoms with Gasteiger partial charge in [0.15, 0.2) is 11.5 Å². The molecule has 1 amide bonds. The van der Waals surface area contributed by atoms with Crippen LogP contribution in [-0.4, -0.2) is 22.3 Å². The topological polar surface area (TPSA) is 86.3 Å². The first kappa shape index (κ1) is 20.8. The molecule has 0 fully saturated rings. The minimum atomic E-state index is -0.932. The number of aliphatic hydroxyl groups is 1. The van der Waals surface area contributed by atoms with Gasteiger partial charge in [-0.05, 0) is 48.2 Å². The van der Waals surface area contributed by atoms with Gasteiger partial charge in [0.1, 0.15) is 0 Å². The van der Waals surface area contributed by atoms with E-state index in [4.69, 9.17) is 11.6 Å². The van der Waals surface area contributed by atoms with Crippen molar-refractivity contribution in [2.75, 3.05) is 10.6 Å². The van der Waals surface area contributed by atoms with Crippen molar-refractivity contribution in [1.82, 2.24) is 10.3 Å². The van der Waals surface area contributed by atoms with Crippen LogP contribution in [0.4, 0.5) is 10.8 Å². The molecule has 0 radical (unpaired) electrons. The molecule has 2 aromatic heterocycles. The molecule has 2 aromatic carbocycles. The van der Waals surface area contributed by atoms with Gasteiger partial charge < -0.3 is 15.7 Å². The average molecular weight is 459 g/mol. The summed E-state index contributed by atoms with van der Waals surface area (Å²) in [4.78, 5) is 18.3. The van der Waals surface area contributed by atoms with Gasteiger partial charge in [0, 0.05) is 17.0 Å². The molecular weight excluding hydrogens is 440 g/mol. The van der Waals surface area contributed by atoms with Crippen LogP contribution >= 0.6 is 34.3 Å². The maximum Gasteiger partial charge on any atom is 0.255 e. The van der Waals surface area contributed by atoms with Crippen LogP contribution in [0.5, 0.6) is 0 Å². The molecule has 4 aromatic rings. The van der Waals surface area contributed by atoms with Crippen LogP contribution < -0.4 is 16.0 Å². The van der Waals surface area contributed by atoms with Crippen molar-refractivity contribution >= 4 is 61.2 Å². The lowest BCUT2D eigenvalue weighted by Gasteiger charge is -2.12. The summed E-state index contributed by atoms with van der Waals surface area (Å²) < 4.78 is 0.839. The molecule has 4 N–H and O–H groups in total. The standard InChI is InChI=1S/C21H19ClN4O2S2/c1-12-4-2-6-15(22)18(12)25-19(27)13-7-8-16-17(10-13)30-21(24-16)26-20(28)23-11-14-5-3-9-29-14/h2-10,20,23,28H,11H2,1H3,(H,24,26)(H,25,27). The molecule has 0 saturated heterocycles. The van der Waals surface area contributed by atoms with E-state index < -0.39 is 6.35 Å². The maximum atomic E-state index is 12.7. The first-order chi connectivity index (χ1) is 14.5. The van der Waals surface area contributed by atoms with Crippen molar-refractivity contribution in [1.29, 1.82) is 0 Å². The molecule has 30 heavy (non-hydrogen) atoms. The first-order valence-corrected chi connectivity index (χ1v) is 11.2. The lowest BCUT2D eigenvalue weighted by atomic mass is 10.1. The third kappa shape index (κ3) is 4.80. The number of nitrogens with zero attached hydrogens (tertiary/aromatic N) is 1. The molecule has 9 heteroatoms. The fraction of sp³-hybridized carbons (Fsp3) is 0.143. The molecule has 0 aliphatic rings. The number of aryl methyl sites for hydroxylation is 1. The van der Waals surface area contributed by atoms with Gasteiger partial charge >= 0.3 is 0 Å². The Hall–Kier alpha value is -2.49. The molecule has 4 rings (SSSR count). The number of carbonyl (C=O) groups excluding carboxylic acids is 1. The van der Waals surface area contributed by atoms with Gasteiger partial charge in [-0.3, -0.25) is 10.1 Å². The second-order valence-electron chi connectivity index (χ2n) is 6.59. The predicted octanol–water partition coefficient (Wildman–Crippen LogP) is 5.05. The molecule has 2 heterocycles. The molecule has 0 saturated carbocycles. The number of fused-ring (bicyclic) bond motifs is 1. The Bertz CT molecular complexity index is 1160. The Morgan fingerprint density at radius 1 is 1.23 bits per heavy atom. The predicted molar refractivity (Wildman–Crippen MR) is 125 cm³/mol. The summed E-state index contributed by atoms with van der Waals surface area (Å²) in [5.74, 6) is -0.242. The number of aromatic nitrogens is 1. The fourth-order valence-corrected chi connectivity index (χ4v) is 4.73. The van der Waals surface area contributed by atoms with Crippen LogP contribution in [0, 0.1) is 6.92 Å². The SMILES string of the molecule is Cc1cccc(Cl)c1NC(=O)c1ccc2nc(NC(O)NCc3cccs3)sc2c1. The number of anilines is 2. The normalized spacial score (nSPS) is 12.1. The molecule has 1 atom stereocenters. The Morgan fingerprint density at radius 2 is 2.10 bits per heavy atom. The van der Waals surface area contributed by atoms with Crippen LogP contribution in [0.3, 0.4) is 0 Å². The first-order valence-electron chi connectivity index (χ1n) is 9.17. The third-order valence-electron chi connectivity index (χ3n) is 4.42. The second-order valence-corrected chi connectivity index (χ2v) is 9.06. The molecule has 1 unspecified atom stereocenters. The highest BCUT2D eigenvalue weighted by Gasteiger charge is 2.14. The van der Waals surface area contributed by atoms with Crippen LogP contribution in [0.1, 0.15) is 20.8 Å². The molecule has 0 aliphatic carbocycles. The molecule has 0 bridgehead atoms. The summed E-state index contributed by atoms with van der Waals surface area (Å²) in [7, 11) is 0. The summed E-state index contributed by atoms with van der Waals surface area (Å²) in [6.07, 6.45) is -0.932. The quantitative estimate of drug-likeness (QED) is 0.291. The Balaban J connectivity index is 1.44. The number of thiazole rings is 1. The van der Waals surface area contributed by atoms with E-state index in [1.165, 1.54) is 11.3 Å². The number of thiophene rings is 1. The van der Waals surface area contributed by atoms with E-state index in [0.29, 0.717) is 27.9 Å². The van der Waals surface area contributed by atoms with Gasteiger partial charge in [-0.1, -0.05) is 41.1 Å². The molecule has 0 aliphatic heterocycles. The van der Waals surface area contributed by atoms with Crippen LogP contribution in [0.2, 0.25) is 5.02 Å². The number of benzene rings is 2. The zero-order valence-electron chi connectivity index (χ0n) is 16.0. The Morgan fingerprint density at radius 3 is 2.87 bits per heavy atom. The van der Waals surface area contributed by atoms with E-state index in [0.717, 1.165) is 20.7 Å². The van der Waals surface area contributed by atoms with Crippen molar-refractivity contribution in [3.8, 4) is 0 Å². The van der Waals surface area contributed by atoms with E-state index in [9.17, 15) is 9.90 Å². The monoisotopic (exact) mass is 458 g/mol. The number of amides is 1. The summed E-state index contributed by atoms with van der Waals surface area (Å²) >= 11 is 9.19. The molecule has 154 valence electrons. The van der Waals surface area contributed by atoms with Gasteiger partial charge in [-0.15, -0.1) is 11.3 Å². The summed E-state index contributed by atoms with van der Waals surface area (Å²) in [6, 6.07) is 14.7. The maximum absolute atomic E-state index is 12.7. The lowest BCUT2D eigenvalue weighted by Crippen LogP contribution is -2.35. The smallest absolute Gasteiger partial charge is 0.255 e. The number of carbonyl (C=O) groups is 1. The zero-order valence-corrected chi connectivity index (χ0v) is 18.4. The third-order valence-corrected chi connectivity index (χ3v) is 6.56. The fourth-order valence-electron chi connectivity index (χ4n) is 2.88. The summed E-state index contributed by atoms with van der Waals surface area (Å²) in [5.41, 5.74) is 2.76. The van der Waals surface area contributed by atoms with Crippen molar-refractivity contribution in [3.63, 3.8) is 0 Å². The average Bonchev–Trinajstić information content (AvgIpc) is 3.37. The van der Waals surface area contributed by atoms with E-state index in [-0.39, 0.29) is 5.91 Å². The number of hydrogen-bond acceptors (Lipinski definition) is 7. The number of aliphatic hydroxyl groups excluding tert-OH is 1. The number of hydrogen-bond donors (Lipinski definition) is 4. The Labute approximate surface area is 186 Å². The van der Waals surface area contributed by atoms with Gasteiger partial charge in [0.25, 0.3) is 5.91 Å². The minimum Gasteiger partial charge on any atom is -0.361 e. The van der Waals surface area contributed by atoms with Crippen LogP contribution in [0.15, 0.2) is 53.9 Å². The van der Waals surface area contributed by atoms with Crippen molar-refractivity contribution < 1.29 is 9.90 Å². The number of para-hydroxylation sites is 1. The minimum absolute atomic E-state index is 0.242. The number of nitrogens with one attached hydrogen (secondary N) is 3. The van der Waals surface area contributed by atoms with E-state index >= 15 is 0 Å². The zero-order chi connectivity index (χ0) is 21.1. The molecular formula is C21H19ClN4O2S2. The van der Waals surface area contributed by atoms with Gasteiger partial charge in [-0.25, -0.2) is 4.98 Å². The summed E-state index contributed by atoms with van der Waals surface area (Å²) in [6.45, 7) is 2.45. The van der Waals surface area contributed by atoms with E-state index in [1.807, 2.05) is 36.6 Å². The van der Waals surface area contributed by atoms with Crippen molar-refractivity contribution in [2.24, 2.45) is 0 Å². The number of rotatable bonds is 7. The van der Waals surface area contributed by atoms with Crippen molar-refractivity contribution in [3.05, 3.63) is 74.9 Å². The highest BCUT2D eigenvalue weighted by atomic mass is 35.5. The van der Waals surface area contributed by atoms with Crippen LogP contribution in [-0.2, 0) is 6.54 Å².